The Hall–Kier alpha value is -2.49. The molecule has 0 bridgehead atoms. The van der Waals surface area contributed by atoms with Gasteiger partial charge in [-0.05, 0) is 57.5 Å². The first-order valence-electron chi connectivity index (χ1n) is 10.8. The summed E-state index contributed by atoms with van der Waals surface area (Å²) in [5.74, 6) is -0.599. The van der Waals surface area contributed by atoms with Crippen molar-refractivity contribution in [1.29, 1.82) is 0 Å². The van der Waals surface area contributed by atoms with Gasteiger partial charge in [0.15, 0.2) is 0 Å². The molecule has 11 heteroatoms. The van der Waals surface area contributed by atoms with Crippen molar-refractivity contribution < 1.29 is 22.7 Å². The number of methoxy groups -OCH3 is 1. The molecule has 2 aromatic carbocycles. The summed E-state index contributed by atoms with van der Waals surface area (Å²) in [7, 11) is -2.44. The fourth-order valence-corrected chi connectivity index (χ4v) is 4.58. The SMILES string of the molecule is COc1ccc(N(CC(=O)N(Cc2ccccc2Cl)[C@H](C)C(=O)NC(C)(C)C)S(C)(=O)=O)cc1Cl. The number of amides is 2. The van der Waals surface area contributed by atoms with Crippen LogP contribution in [-0.2, 0) is 26.2 Å². The minimum absolute atomic E-state index is 0.0121. The lowest BCUT2D eigenvalue weighted by molar-refractivity contribution is -0.140. The van der Waals surface area contributed by atoms with Crippen LogP contribution in [0.3, 0.4) is 0 Å². The van der Waals surface area contributed by atoms with E-state index in [1.165, 1.54) is 30.2 Å². The van der Waals surface area contributed by atoms with Crippen molar-refractivity contribution in [3.63, 3.8) is 0 Å². The van der Waals surface area contributed by atoms with Crippen molar-refractivity contribution in [2.24, 2.45) is 0 Å². The van der Waals surface area contributed by atoms with Crippen LogP contribution in [0.4, 0.5) is 5.69 Å². The normalized spacial score (nSPS) is 12.6. The van der Waals surface area contributed by atoms with Crippen molar-refractivity contribution in [3.05, 3.63) is 58.1 Å². The van der Waals surface area contributed by atoms with Gasteiger partial charge < -0.3 is 15.0 Å². The third-order valence-electron chi connectivity index (χ3n) is 5.07. The number of nitrogens with zero attached hydrogens (tertiary/aromatic N) is 2. The van der Waals surface area contributed by atoms with Crippen molar-refractivity contribution >= 4 is 50.7 Å². The van der Waals surface area contributed by atoms with Gasteiger partial charge in [-0.15, -0.1) is 0 Å². The van der Waals surface area contributed by atoms with Crippen LogP contribution in [0.2, 0.25) is 10.0 Å². The number of halogens is 2. The van der Waals surface area contributed by atoms with E-state index >= 15 is 0 Å². The van der Waals surface area contributed by atoms with Gasteiger partial charge in [-0.25, -0.2) is 8.42 Å². The number of ether oxygens (including phenoxy) is 1. The quantitative estimate of drug-likeness (QED) is 0.513. The van der Waals surface area contributed by atoms with Gasteiger partial charge in [-0.3, -0.25) is 13.9 Å². The van der Waals surface area contributed by atoms with E-state index in [4.69, 9.17) is 27.9 Å². The molecule has 0 saturated carbocycles. The van der Waals surface area contributed by atoms with Crippen LogP contribution in [0.5, 0.6) is 5.75 Å². The van der Waals surface area contributed by atoms with E-state index in [9.17, 15) is 18.0 Å². The molecule has 0 aliphatic carbocycles. The van der Waals surface area contributed by atoms with Crippen molar-refractivity contribution in [2.45, 2.75) is 45.8 Å². The monoisotopic (exact) mass is 543 g/mol. The standard InChI is InChI=1S/C24H31Cl2N3O5S/c1-16(23(31)27-24(2,3)4)28(14-17-9-7-8-10-19(17)25)22(30)15-29(35(6,32)33)18-11-12-21(34-5)20(26)13-18/h7-13,16H,14-15H2,1-6H3,(H,27,31)/t16-/m1/s1. The molecule has 2 aromatic rings. The van der Waals surface area contributed by atoms with E-state index in [-0.39, 0.29) is 23.2 Å². The Morgan fingerprint density at radius 1 is 1.09 bits per heavy atom. The van der Waals surface area contributed by atoms with Crippen molar-refractivity contribution in [1.82, 2.24) is 10.2 Å². The molecular formula is C24H31Cl2N3O5S. The Bertz CT molecular complexity index is 1180. The molecule has 2 amide bonds. The highest BCUT2D eigenvalue weighted by Crippen LogP contribution is 2.30. The van der Waals surface area contributed by atoms with E-state index in [0.717, 1.165) is 10.6 Å². The molecule has 0 fully saturated rings. The molecular weight excluding hydrogens is 513 g/mol. The molecule has 0 aliphatic heterocycles. The summed E-state index contributed by atoms with van der Waals surface area (Å²) in [5.41, 5.74) is 0.288. The molecule has 8 nitrogen and oxygen atoms in total. The summed E-state index contributed by atoms with van der Waals surface area (Å²) in [5, 5.41) is 3.48. The first-order chi connectivity index (χ1) is 16.1. The predicted octanol–water partition coefficient (Wildman–Crippen LogP) is 4.10. The van der Waals surface area contributed by atoms with Gasteiger partial charge in [-0.1, -0.05) is 41.4 Å². The summed E-state index contributed by atoms with van der Waals surface area (Å²) in [4.78, 5) is 27.8. The van der Waals surface area contributed by atoms with Gasteiger partial charge in [-0.2, -0.15) is 0 Å². The maximum absolute atomic E-state index is 13.5. The summed E-state index contributed by atoms with van der Waals surface area (Å²) in [6, 6.07) is 10.5. The topological polar surface area (TPSA) is 96.0 Å². The Morgan fingerprint density at radius 3 is 2.23 bits per heavy atom. The number of hydrogen-bond acceptors (Lipinski definition) is 5. The molecule has 1 atom stereocenters. The summed E-state index contributed by atoms with van der Waals surface area (Å²) < 4.78 is 31.3. The van der Waals surface area contributed by atoms with E-state index in [1.807, 2.05) is 20.8 Å². The second kappa shape index (κ2) is 11.5. The molecule has 0 aliphatic rings. The minimum Gasteiger partial charge on any atom is -0.495 e. The lowest BCUT2D eigenvalue weighted by Gasteiger charge is -2.33. The molecule has 0 radical (unpaired) electrons. The predicted molar refractivity (Wildman–Crippen MR) is 140 cm³/mol. The zero-order valence-corrected chi connectivity index (χ0v) is 23.0. The van der Waals surface area contributed by atoms with Gasteiger partial charge >= 0.3 is 0 Å². The average molecular weight is 545 g/mol. The Kier molecular flexibility index (Phi) is 9.44. The van der Waals surface area contributed by atoms with Crippen LogP contribution in [-0.4, -0.2) is 56.6 Å². The molecule has 0 aromatic heterocycles. The average Bonchev–Trinajstić information content (AvgIpc) is 2.74. The van der Waals surface area contributed by atoms with E-state index in [2.05, 4.69) is 5.32 Å². The number of anilines is 1. The smallest absolute Gasteiger partial charge is 0.244 e. The highest BCUT2D eigenvalue weighted by molar-refractivity contribution is 7.92. The van der Waals surface area contributed by atoms with Crippen molar-refractivity contribution in [2.75, 3.05) is 24.2 Å². The second-order valence-electron chi connectivity index (χ2n) is 9.12. The Labute approximate surface area is 217 Å². The van der Waals surface area contributed by atoms with Gasteiger partial charge in [0, 0.05) is 17.1 Å². The molecule has 0 saturated heterocycles. The number of nitrogens with one attached hydrogen (secondary N) is 1. The fourth-order valence-electron chi connectivity index (χ4n) is 3.29. The highest BCUT2D eigenvalue weighted by atomic mass is 35.5. The van der Waals surface area contributed by atoms with Crippen LogP contribution in [0, 0.1) is 0 Å². The van der Waals surface area contributed by atoms with Gasteiger partial charge in [0.05, 0.1) is 24.1 Å². The second-order valence-corrected chi connectivity index (χ2v) is 11.8. The number of carbonyl (C=O) groups is 2. The van der Waals surface area contributed by atoms with Gasteiger partial charge in [0.2, 0.25) is 21.8 Å². The lowest BCUT2D eigenvalue weighted by Crippen LogP contribution is -2.54. The highest BCUT2D eigenvalue weighted by Gasteiger charge is 2.31. The molecule has 2 rings (SSSR count). The molecule has 35 heavy (non-hydrogen) atoms. The third-order valence-corrected chi connectivity index (χ3v) is 6.87. The maximum Gasteiger partial charge on any atom is 0.244 e. The number of sulfonamides is 1. The van der Waals surface area contributed by atoms with Crippen LogP contribution >= 0.6 is 23.2 Å². The van der Waals surface area contributed by atoms with Crippen LogP contribution in [0.25, 0.3) is 0 Å². The summed E-state index contributed by atoms with van der Waals surface area (Å²) in [6.45, 7) is 6.55. The molecule has 0 spiro atoms. The van der Waals surface area contributed by atoms with Crippen molar-refractivity contribution in [3.8, 4) is 5.75 Å². The van der Waals surface area contributed by atoms with Gasteiger partial charge in [0.1, 0.15) is 18.3 Å². The van der Waals surface area contributed by atoms with E-state index < -0.39 is 34.1 Å². The van der Waals surface area contributed by atoms with E-state index in [0.29, 0.717) is 16.3 Å². The van der Waals surface area contributed by atoms with Crippen LogP contribution in [0.15, 0.2) is 42.5 Å². The molecule has 0 unspecified atom stereocenters. The first kappa shape index (κ1) is 28.7. The fraction of sp³-hybridized carbons (Fsp3) is 0.417. The lowest BCUT2D eigenvalue weighted by atomic mass is 10.1. The minimum atomic E-state index is -3.88. The zero-order valence-electron chi connectivity index (χ0n) is 20.6. The van der Waals surface area contributed by atoms with Crippen LogP contribution < -0.4 is 14.4 Å². The zero-order chi connectivity index (χ0) is 26.6. The number of hydrogen-bond donors (Lipinski definition) is 1. The van der Waals surface area contributed by atoms with Gasteiger partial charge in [0.25, 0.3) is 0 Å². The molecule has 192 valence electrons. The third kappa shape index (κ3) is 8.02. The maximum atomic E-state index is 13.5. The first-order valence-corrected chi connectivity index (χ1v) is 13.4. The largest absolute Gasteiger partial charge is 0.495 e. The molecule has 1 N–H and O–H groups in total. The summed E-state index contributed by atoms with van der Waals surface area (Å²) >= 11 is 12.5. The number of benzene rings is 2. The van der Waals surface area contributed by atoms with Crippen LogP contribution in [0.1, 0.15) is 33.3 Å². The Balaban J connectivity index is 2.45. The van der Waals surface area contributed by atoms with E-state index in [1.54, 1.807) is 31.2 Å². The summed E-state index contributed by atoms with van der Waals surface area (Å²) in [6.07, 6.45) is 0.993. The number of carbonyl (C=O) groups excluding carboxylic acids is 2. The Morgan fingerprint density at radius 2 is 1.71 bits per heavy atom. The molecule has 0 heterocycles. The number of rotatable bonds is 9.